The Kier molecular flexibility index (Phi) is 5.14. The maximum Gasteiger partial charge on any atom is 0.230 e. The van der Waals surface area contributed by atoms with Gasteiger partial charge in [-0.25, -0.2) is 4.98 Å². The molecule has 0 spiro atoms. The summed E-state index contributed by atoms with van der Waals surface area (Å²) in [6, 6.07) is 13.1. The minimum atomic E-state index is -0.280. The van der Waals surface area contributed by atoms with Gasteiger partial charge in [-0.2, -0.15) is 0 Å². The van der Waals surface area contributed by atoms with Crippen molar-refractivity contribution in [3.63, 3.8) is 0 Å². The molecule has 0 fully saturated rings. The molecule has 0 unspecified atom stereocenters. The Balaban J connectivity index is 1.64. The summed E-state index contributed by atoms with van der Waals surface area (Å²) >= 11 is 0. The van der Waals surface area contributed by atoms with Crippen LogP contribution in [0, 0.1) is 0 Å². The third-order valence-electron chi connectivity index (χ3n) is 4.54. The van der Waals surface area contributed by atoms with Crippen molar-refractivity contribution in [2.24, 2.45) is 4.99 Å². The van der Waals surface area contributed by atoms with Gasteiger partial charge in [0, 0.05) is 30.6 Å². The standard InChI is InChI=1S/C22H22N4O3/c1-22(2)12-16-7-3-9-18(19(16)29-22)28-21-17(8-5-11-24-21)20(26-27)25-14-15-6-4-10-23-13-15/h3-11,13,27H,12,14H2,1-2H3,(H,25,26). The summed E-state index contributed by atoms with van der Waals surface area (Å²) in [6.45, 7) is 4.44. The molecule has 2 aromatic heterocycles. The average Bonchev–Trinajstić information content (AvgIpc) is 3.05. The molecule has 1 aliphatic heterocycles. The van der Waals surface area contributed by atoms with Gasteiger partial charge in [-0.15, -0.1) is 0 Å². The zero-order valence-corrected chi connectivity index (χ0v) is 16.3. The van der Waals surface area contributed by atoms with Crippen LogP contribution in [0.1, 0.15) is 30.5 Å². The lowest BCUT2D eigenvalue weighted by molar-refractivity contribution is 0.135. The number of fused-ring (bicyclic) bond motifs is 1. The molecule has 3 aromatic rings. The Morgan fingerprint density at radius 3 is 2.86 bits per heavy atom. The maximum atomic E-state index is 9.67. The number of nitrogens with one attached hydrogen (secondary N) is 1. The summed E-state index contributed by atoms with van der Waals surface area (Å²) in [5.74, 6) is 1.88. The van der Waals surface area contributed by atoms with E-state index in [9.17, 15) is 5.21 Å². The van der Waals surface area contributed by atoms with E-state index in [0.29, 0.717) is 23.7 Å². The number of hydrogen-bond acceptors (Lipinski definition) is 6. The number of hydrogen-bond donors (Lipinski definition) is 2. The van der Waals surface area contributed by atoms with Crippen LogP contribution >= 0.6 is 0 Å². The Labute approximate surface area is 169 Å². The predicted octanol–water partition coefficient (Wildman–Crippen LogP) is 3.91. The van der Waals surface area contributed by atoms with Crippen molar-refractivity contribution in [3.8, 4) is 17.4 Å². The van der Waals surface area contributed by atoms with Crippen LogP contribution in [0.15, 0.2) is 66.0 Å². The van der Waals surface area contributed by atoms with Crippen LogP contribution < -0.4 is 15.0 Å². The highest BCUT2D eigenvalue weighted by molar-refractivity contribution is 6.00. The van der Waals surface area contributed by atoms with Crippen LogP contribution in [0.3, 0.4) is 0 Å². The van der Waals surface area contributed by atoms with E-state index in [1.807, 2.05) is 44.2 Å². The summed E-state index contributed by atoms with van der Waals surface area (Å²) in [7, 11) is 0. The number of nitrogens with zero attached hydrogens (tertiary/aromatic N) is 3. The van der Waals surface area contributed by atoms with Gasteiger partial charge >= 0.3 is 0 Å². The largest absolute Gasteiger partial charge is 0.483 e. The van der Waals surface area contributed by atoms with Crippen LogP contribution in [-0.4, -0.2) is 26.6 Å². The SMILES string of the molecule is CC1(C)Cc2cccc(Oc3ncccc3C(=NCc3cccnc3)NO)c2O1. The summed E-state index contributed by atoms with van der Waals surface area (Å²) in [4.78, 5) is 12.9. The topological polar surface area (TPSA) is 88.9 Å². The molecule has 0 saturated heterocycles. The van der Waals surface area contributed by atoms with Crippen molar-refractivity contribution in [3.05, 3.63) is 77.7 Å². The number of amidine groups is 1. The predicted molar refractivity (Wildman–Crippen MR) is 109 cm³/mol. The van der Waals surface area contributed by atoms with Gasteiger partial charge in [0.25, 0.3) is 0 Å². The van der Waals surface area contributed by atoms with Gasteiger partial charge in [-0.1, -0.05) is 18.2 Å². The molecule has 7 heteroatoms. The van der Waals surface area contributed by atoms with Crippen molar-refractivity contribution in [2.75, 3.05) is 0 Å². The highest BCUT2D eigenvalue weighted by Gasteiger charge is 2.32. The summed E-state index contributed by atoms with van der Waals surface area (Å²) in [5, 5.41) is 9.67. The second-order valence-electron chi connectivity index (χ2n) is 7.38. The fourth-order valence-electron chi connectivity index (χ4n) is 3.27. The minimum Gasteiger partial charge on any atom is -0.483 e. The van der Waals surface area contributed by atoms with Gasteiger partial charge in [0.1, 0.15) is 5.60 Å². The summed E-state index contributed by atoms with van der Waals surface area (Å²) in [5.41, 5.74) is 4.43. The van der Waals surface area contributed by atoms with Crippen molar-refractivity contribution in [1.29, 1.82) is 0 Å². The summed E-state index contributed by atoms with van der Waals surface area (Å²) in [6.07, 6.45) is 5.87. The van der Waals surface area contributed by atoms with E-state index in [2.05, 4.69) is 20.4 Å². The first-order chi connectivity index (χ1) is 14.1. The molecule has 4 rings (SSSR count). The molecule has 7 nitrogen and oxygen atoms in total. The van der Waals surface area contributed by atoms with E-state index >= 15 is 0 Å². The van der Waals surface area contributed by atoms with E-state index in [1.54, 1.807) is 30.7 Å². The number of aromatic nitrogens is 2. The molecule has 0 bridgehead atoms. The molecule has 0 radical (unpaired) electrons. The fraction of sp³-hybridized carbons (Fsp3) is 0.227. The maximum absolute atomic E-state index is 9.67. The number of ether oxygens (including phenoxy) is 2. The molecule has 29 heavy (non-hydrogen) atoms. The molecule has 2 N–H and O–H groups in total. The van der Waals surface area contributed by atoms with Crippen LogP contribution in [0.25, 0.3) is 0 Å². The second kappa shape index (κ2) is 7.89. The average molecular weight is 390 g/mol. The van der Waals surface area contributed by atoms with E-state index < -0.39 is 0 Å². The highest BCUT2D eigenvalue weighted by Crippen LogP contribution is 2.43. The van der Waals surface area contributed by atoms with E-state index in [0.717, 1.165) is 23.3 Å². The lowest BCUT2D eigenvalue weighted by Crippen LogP contribution is -2.24. The van der Waals surface area contributed by atoms with E-state index in [1.165, 1.54) is 0 Å². The van der Waals surface area contributed by atoms with Crippen molar-refractivity contribution in [2.45, 2.75) is 32.4 Å². The van der Waals surface area contributed by atoms with Crippen LogP contribution in [0.4, 0.5) is 0 Å². The molecule has 148 valence electrons. The second-order valence-corrected chi connectivity index (χ2v) is 7.38. The Hall–Kier alpha value is -3.45. The molecule has 0 saturated carbocycles. The van der Waals surface area contributed by atoms with Gasteiger partial charge in [-0.3, -0.25) is 20.7 Å². The number of benzene rings is 1. The van der Waals surface area contributed by atoms with Crippen LogP contribution in [-0.2, 0) is 13.0 Å². The quantitative estimate of drug-likeness (QED) is 0.390. The summed E-state index contributed by atoms with van der Waals surface area (Å²) < 4.78 is 12.2. The minimum absolute atomic E-state index is 0.255. The van der Waals surface area contributed by atoms with Gasteiger partial charge in [-0.05, 0) is 43.7 Å². The number of aliphatic imine (C=N–C) groups is 1. The zero-order chi connectivity index (χ0) is 20.3. The van der Waals surface area contributed by atoms with Crippen molar-refractivity contribution in [1.82, 2.24) is 15.4 Å². The van der Waals surface area contributed by atoms with Gasteiger partial charge in [0.05, 0.1) is 12.1 Å². The van der Waals surface area contributed by atoms with Crippen molar-refractivity contribution >= 4 is 5.84 Å². The Morgan fingerprint density at radius 1 is 1.21 bits per heavy atom. The molecule has 0 atom stereocenters. The van der Waals surface area contributed by atoms with Crippen molar-refractivity contribution < 1.29 is 14.7 Å². The number of hydroxylamine groups is 1. The molecule has 1 aromatic carbocycles. The first-order valence-electron chi connectivity index (χ1n) is 9.33. The number of rotatable bonds is 5. The lowest BCUT2D eigenvalue weighted by Gasteiger charge is -2.18. The molecule has 3 heterocycles. The van der Waals surface area contributed by atoms with Crippen LogP contribution in [0.5, 0.6) is 17.4 Å². The zero-order valence-electron chi connectivity index (χ0n) is 16.3. The lowest BCUT2D eigenvalue weighted by atomic mass is 10.0. The Morgan fingerprint density at radius 2 is 2.07 bits per heavy atom. The molecular weight excluding hydrogens is 368 g/mol. The third kappa shape index (κ3) is 4.20. The van der Waals surface area contributed by atoms with E-state index in [4.69, 9.17) is 9.47 Å². The van der Waals surface area contributed by atoms with Gasteiger partial charge in [0.2, 0.25) is 5.88 Å². The smallest absolute Gasteiger partial charge is 0.230 e. The van der Waals surface area contributed by atoms with E-state index in [-0.39, 0.29) is 11.4 Å². The normalized spacial score (nSPS) is 14.8. The Bertz CT molecular complexity index is 1040. The third-order valence-corrected chi connectivity index (χ3v) is 4.54. The molecular formula is C22H22N4O3. The molecule has 0 amide bonds. The molecule has 0 aliphatic carbocycles. The number of pyridine rings is 2. The monoisotopic (exact) mass is 390 g/mol. The fourth-order valence-corrected chi connectivity index (χ4v) is 3.27. The van der Waals surface area contributed by atoms with Gasteiger partial charge < -0.3 is 9.47 Å². The number of para-hydroxylation sites is 1. The first-order valence-corrected chi connectivity index (χ1v) is 9.33. The van der Waals surface area contributed by atoms with Gasteiger partial charge in [0.15, 0.2) is 17.3 Å². The first kappa shape index (κ1) is 18.9. The van der Waals surface area contributed by atoms with Crippen LogP contribution in [0.2, 0.25) is 0 Å². The highest BCUT2D eigenvalue weighted by atomic mass is 16.5. The molecule has 1 aliphatic rings.